The first-order valence-electron chi connectivity index (χ1n) is 6.47. The van der Waals surface area contributed by atoms with Gasteiger partial charge in [-0.15, -0.1) is 0 Å². The molecular weight excluding hydrogens is 298 g/mol. The fourth-order valence-corrected chi connectivity index (χ4v) is 3.29. The Bertz CT molecular complexity index is 473. The third-order valence-electron chi connectivity index (χ3n) is 3.02. The third kappa shape index (κ3) is 4.45. The van der Waals surface area contributed by atoms with Crippen molar-refractivity contribution < 1.29 is 24.0 Å². The van der Waals surface area contributed by atoms with E-state index in [2.05, 4.69) is 20.3 Å². The summed E-state index contributed by atoms with van der Waals surface area (Å²) in [6, 6.07) is 1.44. The fraction of sp³-hybridized carbons (Fsp3) is 0.583. The number of aliphatic hydroxyl groups is 1. The molecule has 9 heteroatoms. The van der Waals surface area contributed by atoms with Gasteiger partial charge in [-0.25, -0.2) is 0 Å². The number of amides is 2. The molecule has 2 heterocycles. The first-order chi connectivity index (χ1) is 10.2. The van der Waals surface area contributed by atoms with Gasteiger partial charge in [0.25, 0.3) is 0 Å². The predicted octanol–water partition coefficient (Wildman–Crippen LogP) is -0.386. The molecule has 0 aliphatic carbocycles. The van der Waals surface area contributed by atoms with Gasteiger partial charge in [0.05, 0.1) is 18.8 Å². The zero-order chi connectivity index (χ0) is 15.1. The van der Waals surface area contributed by atoms with Crippen molar-refractivity contribution in [2.45, 2.75) is 12.0 Å². The number of carbonyl (C=O) groups is 2. The van der Waals surface area contributed by atoms with Crippen LogP contribution in [0.25, 0.3) is 0 Å². The lowest BCUT2D eigenvalue weighted by Crippen LogP contribution is -2.48. The van der Waals surface area contributed by atoms with Crippen LogP contribution in [0.1, 0.15) is 6.42 Å². The maximum absolute atomic E-state index is 11.7. The first kappa shape index (κ1) is 15.8. The lowest BCUT2D eigenvalue weighted by atomic mass is 10.0. The van der Waals surface area contributed by atoms with Gasteiger partial charge in [-0.05, 0) is 12.2 Å². The van der Waals surface area contributed by atoms with E-state index in [1.807, 2.05) is 0 Å². The molecule has 1 aromatic heterocycles. The number of rotatable bonds is 6. The second kappa shape index (κ2) is 7.43. The molecule has 0 spiro atoms. The van der Waals surface area contributed by atoms with E-state index in [-0.39, 0.29) is 25.6 Å². The van der Waals surface area contributed by atoms with Crippen LogP contribution in [0.5, 0.6) is 0 Å². The highest BCUT2D eigenvalue weighted by molar-refractivity contribution is 7.99. The summed E-state index contributed by atoms with van der Waals surface area (Å²) in [5.74, 6) is 0.247. The molecule has 3 N–H and O–H groups in total. The molecule has 2 rings (SSSR count). The van der Waals surface area contributed by atoms with Crippen molar-refractivity contribution in [2.24, 2.45) is 0 Å². The molecule has 0 bridgehead atoms. The van der Waals surface area contributed by atoms with Gasteiger partial charge in [0.2, 0.25) is 0 Å². The first-order valence-corrected chi connectivity index (χ1v) is 7.63. The van der Waals surface area contributed by atoms with Crippen LogP contribution >= 0.6 is 11.8 Å². The normalized spacial score (nSPS) is 21.2. The molecule has 1 aliphatic rings. The number of hydrogen-bond donors (Lipinski definition) is 3. The monoisotopic (exact) mass is 315 g/mol. The molecule has 1 saturated heterocycles. The third-order valence-corrected chi connectivity index (χ3v) is 4.25. The molecule has 1 fully saturated rings. The minimum atomic E-state index is -0.813. The highest BCUT2D eigenvalue weighted by Crippen LogP contribution is 2.30. The van der Waals surface area contributed by atoms with Crippen molar-refractivity contribution in [1.29, 1.82) is 0 Å². The van der Waals surface area contributed by atoms with Gasteiger partial charge in [-0.1, -0.05) is 5.16 Å². The summed E-state index contributed by atoms with van der Waals surface area (Å²) in [6.07, 6.45) is 2.06. The standard InChI is InChI=1S/C12H17N3O5S/c16-3-5-19-12(2-6-21-8-12)7-13-10(17)11(18)14-9-1-4-20-15-9/h1,4,16H,2-3,5-8H2,(H,13,17)(H,14,15,18). The minimum Gasteiger partial charge on any atom is -0.394 e. The smallest absolute Gasteiger partial charge is 0.314 e. The van der Waals surface area contributed by atoms with Crippen LogP contribution < -0.4 is 10.6 Å². The zero-order valence-electron chi connectivity index (χ0n) is 11.3. The Balaban J connectivity index is 1.82. The van der Waals surface area contributed by atoms with Crippen LogP contribution in [0, 0.1) is 0 Å². The molecule has 21 heavy (non-hydrogen) atoms. The fourth-order valence-electron chi connectivity index (χ4n) is 1.93. The highest BCUT2D eigenvalue weighted by Gasteiger charge is 2.36. The van der Waals surface area contributed by atoms with Crippen molar-refractivity contribution in [3.05, 3.63) is 12.3 Å². The van der Waals surface area contributed by atoms with E-state index in [1.54, 1.807) is 11.8 Å². The van der Waals surface area contributed by atoms with Gasteiger partial charge < -0.3 is 19.7 Å². The molecule has 1 aromatic rings. The molecule has 1 atom stereocenters. The average Bonchev–Trinajstić information content (AvgIpc) is 3.15. The Morgan fingerprint density at radius 1 is 1.52 bits per heavy atom. The van der Waals surface area contributed by atoms with Crippen molar-refractivity contribution >= 4 is 29.4 Å². The van der Waals surface area contributed by atoms with Crippen LogP contribution in [0.4, 0.5) is 5.82 Å². The van der Waals surface area contributed by atoms with E-state index < -0.39 is 17.4 Å². The number of ether oxygens (including phenoxy) is 1. The van der Waals surface area contributed by atoms with Crippen LogP contribution in [-0.4, -0.2) is 58.9 Å². The number of thioether (sulfide) groups is 1. The van der Waals surface area contributed by atoms with Gasteiger partial charge in [0, 0.05) is 18.4 Å². The minimum absolute atomic E-state index is 0.0764. The molecular formula is C12H17N3O5S. The van der Waals surface area contributed by atoms with E-state index in [0.29, 0.717) is 0 Å². The Morgan fingerprint density at radius 3 is 3.00 bits per heavy atom. The summed E-state index contributed by atoms with van der Waals surface area (Å²) in [6.45, 7) is 0.361. The number of nitrogens with one attached hydrogen (secondary N) is 2. The van der Waals surface area contributed by atoms with E-state index >= 15 is 0 Å². The van der Waals surface area contributed by atoms with Crippen LogP contribution in [0.15, 0.2) is 16.9 Å². The maximum atomic E-state index is 11.7. The second-order valence-electron chi connectivity index (χ2n) is 4.58. The molecule has 1 unspecified atom stereocenters. The summed E-state index contributed by atoms with van der Waals surface area (Å²) in [7, 11) is 0. The summed E-state index contributed by atoms with van der Waals surface area (Å²) in [5, 5.41) is 17.2. The van der Waals surface area contributed by atoms with Crippen molar-refractivity contribution in [2.75, 3.05) is 36.6 Å². The van der Waals surface area contributed by atoms with Gasteiger partial charge in [0.1, 0.15) is 6.26 Å². The largest absolute Gasteiger partial charge is 0.394 e. The van der Waals surface area contributed by atoms with Crippen LogP contribution in [0.2, 0.25) is 0 Å². The number of nitrogens with zero attached hydrogens (tertiary/aromatic N) is 1. The molecule has 116 valence electrons. The van der Waals surface area contributed by atoms with Gasteiger partial charge in [-0.3, -0.25) is 14.9 Å². The van der Waals surface area contributed by atoms with Crippen molar-refractivity contribution in [1.82, 2.24) is 10.5 Å². The van der Waals surface area contributed by atoms with E-state index in [0.717, 1.165) is 17.9 Å². The highest BCUT2D eigenvalue weighted by atomic mass is 32.2. The summed E-state index contributed by atoms with van der Waals surface area (Å²) >= 11 is 1.71. The maximum Gasteiger partial charge on any atom is 0.314 e. The van der Waals surface area contributed by atoms with E-state index in [1.165, 1.54) is 12.3 Å². The molecule has 0 radical (unpaired) electrons. The molecule has 8 nitrogen and oxygen atoms in total. The van der Waals surface area contributed by atoms with Gasteiger partial charge in [-0.2, -0.15) is 11.8 Å². The number of hydrogen-bond acceptors (Lipinski definition) is 7. The Morgan fingerprint density at radius 2 is 2.38 bits per heavy atom. The summed E-state index contributed by atoms with van der Waals surface area (Å²) in [4.78, 5) is 23.4. The SMILES string of the molecule is O=C(NCC1(OCCO)CCSC1)C(=O)Nc1ccon1. The zero-order valence-corrected chi connectivity index (χ0v) is 12.1. The Hall–Kier alpha value is -1.58. The van der Waals surface area contributed by atoms with Crippen LogP contribution in [-0.2, 0) is 14.3 Å². The van der Waals surface area contributed by atoms with E-state index in [4.69, 9.17) is 9.84 Å². The molecule has 1 aliphatic heterocycles. The topological polar surface area (TPSA) is 114 Å². The number of anilines is 1. The quantitative estimate of drug-likeness (QED) is 0.613. The summed E-state index contributed by atoms with van der Waals surface area (Å²) < 4.78 is 10.2. The van der Waals surface area contributed by atoms with Crippen molar-refractivity contribution in [3.63, 3.8) is 0 Å². The lowest BCUT2D eigenvalue weighted by molar-refractivity contribution is -0.137. The summed E-state index contributed by atoms with van der Waals surface area (Å²) in [5.41, 5.74) is -0.517. The molecule has 2 amide bonds. The number of carbonyl (C=O) groups excluding carboxylic acids is 2. The Kier molecular flexibility index (Phi) is 5.59. The van der Waals surface area contributed by atoms with Crippen LogP contribution in [0.3, 0.4) is 0 Å². The number of aliphatic hydroxyl groups excluding tert-OH is 1. The average molecular weight is 315 g/mol. The molecule has 0 saturated carbocycles. The van der Waals surface area contributed by atoms with Crippen molar-refractivity contribution in [3.8, 4) is 0 Å². The van der Waals surface area contributed by atoms with Gasteiger partial charge in [0.15, 0.2) is 5.82 Å². The Labute approximate surface area is 125 Å². The predicted molar refractivity (Wildman–Crippen MR) is 75.9 cm³/mol. The number of aromatic nitrogens is 1. The second-order valence-corrected chi connectivity index (χ2v) is 5.68. The van der Waals surface area contributed by atoms with Gasteiger partial charge >= 0.3 is 11.8 Å². The van der Waals surface area contributed by atoms with E-state index in [9.17, 15) is 9.59 Å². The lowest BCUT2D eigenvalue weighted by Gasteiger charge is -2.28. The molecule has 0 aromatic carbocycles.